The largest absolute Gasteiger partial charge is 0.469 e. The Morgan fingerprint density at radius 1 is 1.27 bits per heavy atom. The number of benzene rings is 1. The Labute approximate surface area is 150 Å². The number of amides is 2. The van der Waals surface area contributed by atoms with Crippen LogP contribution in [-0.4, -0.2) is 55.9 Å². The number of esters is 1. The van der Waals surface area contributed by atoms with Crippen molar-refractivity contribution in [3.8, 4) is 11.5 Å². The van der Waals surface area contributed by atoms with Crippen molar-refractivity contribution >= 4 is 17.7 Å². The molecule has 0 aromatic heterocycles. The maximum atomic E-state index is 12.2. The fraction of sp³-hybridized carbons (Fsp3) is 0.529. The van der Waals surface area contributed by atoms with Crippen LogP contribution in [0, 0.1) is 0 Å². The van der Waals surface area contributed by atoms with Gasteiger partial charge in [-0.15, -0.1) is 0 Å². The Bertz CT molecular complexity index is 667. The lowest BCUT2D eigenvalue weighted by molar-refractivity contribution is -0.149. The van der Waals surface area contributed by atoms with Crippen molar-refractivity contribution in [2.24, 2.45) is 0 Å². The minimum absolute atomic E-state index is 0.128. The molecule has 9 heteroatoms. The van der Waals surface area contributed by atoms with E-state index < -0.39 is 12.1 Å². The highest BCUT2D eigenvalue weighted by atomic mass is 16.7. The van der Waals surface area contributed by atoms with Gasteiger partial charge in [-0.2, -0.15) is 0 Å². The molecule has 0 saturated carbocycles. The quantitative estimate of drug-likeness (QED) is 0.666. The van der Waals surface area contributed by atoms with Crippen molar-refractivity contribution in [2.75, 3.05) is 25.8 Å². The molecule has 0 bridgehead atoms. The van der Waals surface area contributed by atoms with E-state index in [0.717, 1.165) is 0 Å². The third-order valence-corrected chi connectivity index (χ3v) is 4.36. The second-order valence-corrected chi connectivity index (χ2v) is 6.11. The Morgan fingerprint density at radius 3 is 2.85 bits per heavy atom. The first-order valence-electron chi connectivity index (χ1n) is 8.39. The minimum Gasteiger partial charge on any atom is -0.469 e. The average Bonchev–Trinajstić information content (AvgIpc) is 3.10. The van der Waals surface area contributed by atoms with Gasteiger partial charge in [0, 0.05) is 11.8 Å². The molecule has 3 rings (SSSR count). The molecule has 1 aromatic carbocycles. The highest BCUT2D eigenvalue weighted by Crippen LogP contribution is 2.34. The number of aliphatic hydroxyl groups is 1. The van der Waals surface area contributed by atoms with Gasteiger partial charge in [0.2, 0.25) is 6.79 Å². The number of nitrogens with one attached hydrogen (secondary N) is 2. The molecule has 3 atom stereocenters. The SMILES string of the molecule is COC(=O)C[C@H]1CC[C@@H](NC(=O)Nc2ccc3c(c2)OCO3)[C@@H](CO)O1. The van der Waals surface area contributed by atoms with Gasteiger partial charge in [0.05, 0.1) is 32.3 Å². The van der Waals surface area contributed by atoms with Crippen LogP contribution in [0.25, 0.3) is 0 Å². The molecule has 142 valence electrons. The van der Waals surface area contributed by atoms with E-state index in [-0.39, 0.29) is 37.9 Å². The molecule has 2 aliphatic heterocycles. The Hall–Kier alpha value is -2.52. The van der Waals surface area contributed by atoms with E-state index in [0.29, 0.717) is 30.0 Å². The van der Waals surface area contributed by atoms with E-state index >= 15 is 0 Å². The van der Waals surface area contributed by atoms with E-state index in [1.807, 2.05) is 0 Å². The lowest BCUT2D eigenvalue weighted by atomic mass is 9.97. The molecule has 1 aromatic rings. The standard InChI is InChI=1S/C17H22N2O7/c1-23-16(21)7-11-3-4-12(15(8-20)26-11)19-17(22)18-10-2-5-13-14(6-10)25-9-24-13/h2,5-6,11-12,15,20H,3-4,7-9H2,1H3,(H2,18,19,22)/t11-,12-,15-/m1/s1. The second-order valence-electron chi connectivity index (χ2n) is 6.11. The zero-order chi connectivity index (χ0) is 18.5. The summed E-state index contributed by atoms with van der Waals surface area (Å²) in [6.07, 6.45) is 0.390. The molecule has 0 unspecified atom stereocenters. The average molecular weight is 366 g/mol. The fourth-order valence-electron chi connectivity index (χ4n) is 3.03. The molecule has 2 heterocycles. The van der Waals surface area contributed by atoms with E-state index in [9.17, 15) is 14.7 Å². The van der Waals surface area contributed by atoms with Crippen molar-refractivity contribution < 1.29 is 33.6 Å². The summed E-state index contributed by atoms with van der Waals surface area (Å²) in [7, 11) is 1.32. The maximum Gasteiger partial charge on any atom is 0.319 e. The Kier molecular flexibility index (Phi) is 5.79. The summed E-state index contributed by atoms with van der Waals surface area (Å²) in [5, 5.41) is 15.1. The maximum absolute atomic E-state index is 12.2. The first-order chi connectivity index (χ1) is 12.6. The van der Waals surface area contributed by atoms with Crippen LogP contribution in [0.2, 0.25) is 0 Å². The Morgan fingerprint density at radius 2 is 2.08 bits per heavy atom. The smallest absolute Gasteiger partial charge is 0.319 e. The van der Waals surface area contributed by atoms with E-state index in [4.69, 9.17) is 14.2 Å². The van der Waals surface area contributed by atoms with Gasteiger partial charge in [0.25, 0.3) is 0 Å². The van der Waals surface area contributed by atoms with Gasteiger partial charge in [-0.05, 0) is 25.0 Å². The summed E-state index contributed by atoms with van der Waals surface area (Å²) in [5.74, 6) is 0.843. The van der Waals surface area contributed by atoms with Crippen molar-refractivity contribution in [1.82, 2.24) is 5.32 Å². The van der Waals surface area contributed by atoms with Crippen LogP contribution in [-0.2, 0) is 14.3 Å². The normalized spacial score (nSPS) is 24.0. The van der Waals surface area contributed by atoms with E-state index in [1.165, 1.54) is 7.11 Å². The van der Waals surface area contributed by atoms with Crippen molar-refractivity contribution in [1.29, 1.82) is 0 Å². The van der Waals surface area contributed by atoms with Crippen molar-refractivity contribution in [2.45, 2.75) is 37.5 Å². The topological polar surface area (TPSA) is 115 Å². The molecule has 2 amide bonds. The van der Waals surface area contributed by atoms with Gasteiger partial charge in [0.1, 0.15) is 6.10 Å². The van der Waals surface area contributed by atoms with Crippen molar-refractivity contribution in [3.05, 3.63) is 18.2 Å². The third-order valence-electron chi connectivity index (χ3n) is 4.36. The van der Waals surface area contributed by atoms with Crippen LogP contribution in [0.4, 0.5) is 10.5 Å². The van der Waals surface area contributed by atoms with Gasteiger partial charge in [-0.1, -0.05) is 0 Å². The zero-order valence-corrected chi connectivity index (χ0v) is 14.4. The molecule has 1 saturated heterocycles. The number of aliphatic hydroxyl groups excluding tert-OH is 1. The van der Waals surface area contributed by atoms with Crippen LogP contribution < -0.4 is 20.1 Å². The summed E-state index contributed by atoms with van der Waals surface area (Å²) in [5.41, 5.74) is 0.563. The number of hydrogen-bond acceptors (Lipinski definition) is 7. The van der Waals surface area contributed by atoms with Gasteiger partial charge in [-0.3, -0.25) is 4.79 Å². The number of anilines is 1. The number of fused-ring (bicyclic) bond motifs is 1. The molecule has 9 nitrogen and oxygen atoms in total. The summed E-state index contributed by atoms with van der Waals surface area (Å²) in [6, 6.07) is 4.33. The predicted octanol–water partition coefficient (Wildman–Crippen LogP) is 1.01. The summed E-state index contributed by atoms with van der Waals surface area (Å²) < 4.78 is 20.8. The molecular weight excluding hydrogens is 344 g/mol. The Balaban J connectivity index is 1.53. The highest BCUT2D eigenvalue weighted by Gasteiger charge is 2.33. The molecule has 26 heavy (non-hydrogen) atoms. The number of carbonyl (C=O) groups is 2. The number of hydrogen-bond donors (Lipinski definition) is 3. The molecular formula is C17H22N2O7. The first-order valence-corrected chi connectivity index (χ1v) is 8.39. The minimum atomic E-state index is -0.582. The van der Waals surface area contributed by atoms with Gasteiger partial charge < -0.3 is 34.7 Å². The lowest BCUT2D eigenvalue weighted by Crippen LogP contribution is -2.52. The summed E-state index contributed by atoms with van der Waals surface area (Å²) >= 11 is 0. The second kappa shape index (κ2) is 8.24. The predicted molar refractivity (Wildman–Crippen MR) is 90.1 cm³/mol. The van der Waals surface area contributed by atoms with Crippen LogP contribution in [0.1, 0.15) is 19.3 Å². The van der Waals surface area contributed by atoms with Gasteiger partial charge >= 0.3 is 12.0 Å². The number of carbonyl (C=O) groups excluding carboxylic acids is 2. The third kappa shape index (κ3) is 4.36. The van der Waals surface area contributed by atoms with Crippen LogP contribution in [0.5, 0.6) is 11.5 Å². The molecule has 1 fully saturated rings. The van der Waals surface area contributed by atoms with Crippen LogP contribution in [0.3, 0.4) is 0 Å². The molecule has 0 radical (unpaired) electrons. The van der Waals surface area contributed by atoms with Crippen LogP contribution >= 0.6 is 0 Å². The molecule has 0 spiro atoms. The van der Waals surface area contributed by atoms with Crippen LogP contribution in [0.15, 0.2) is 18.2 Å². The lowest BCUT2D eigenvalue weighted by Gasteiger charge is -2.35. The van der Waals surface area contributed by atoms with Gasteiger partial charge in [0.15, 0.2) is 11.5 Å². The molecule has 0 aliphatic carbocycles. The number of rotatable bonds is 5. The zero-order valence-electron chi connectivity index (χ0n) is 14.4. The van der Waals surface area contributed by atoms with E-state index in [1.54, 1.807) is 18.2 Å². The van der Waals surface area contributed by atoms with E-state index in [2.05, 4.69) is 15.4 Å². The molecule has 2 aliphatic rings. The van der Waals surface area contributed by atoms with Gasteiger partial charge in [-0.25, -0.2) is 4.79 Å². The monoisotopic (exact) mass is 366 g/mol. The van der Waals surface area contributed by atoms with Crippen molar-refractivity contribution in [3.63, 3.8) is 0 Å². The summed E-state index contributed by atoms with van der Waals surface area (Å²) in [6.45, 7) is -0.0953. The first kappa shape index (κ1) is 18.3. The highest BCUT2D eigenvalue weighted by molar-refractivity contribution is 5.90. The molecule has 3 N–H and O–H groups in total. The number of ether oxygens (including phenoxy) is 4. The summed E-state index contributed by atoms with van der Waals surface area (Å²) in [4.78, 5) is 23.6. The number of methoxy groups -OCH3 is 1. The number of urea groups is 1. The fourth-order valence-corrected chi connectivity index (χ4v) is 3.03.